The van der Waals surface area contributed by atoms with E-state index in [1.165, 1.54) is 0 Å². The Hall–Kier alpha value is -0.520. The lowest BCUT2D eigenvalue weighted by molar-refractivity contribution is -0.123. The molecule has 1 aromatic rings. The van der Waals surface area contributed by atoms with Crippen LogP contribution in [0.4, 0.5) is 0 Å². The van der Waals surface area contributed by atoms with Crippen molar-refractivity contribution in [1.29, 1.82) is 0 Å². The number of benzene rings is 1. The first-order chi connectivity index (χ1) is 10.5. The highest BCUT2D eigenvalue weighted by Gasteiger charge is 2.57. The largest absolute Gasteiger partial charge is 0.387 e. The summed E-state index contributed by atoms with van der Waals surface area (Å²) in [5.41, 5.74) is 0.824. The summed E-state index contributed by atoms with van der Waals surface area (Å²) in [6.45, 7) is 2.17. The van der Waals surface area contributed by atoms with Crippen LogP contribution >= 0.6 is 35.6 Å². The molecule has 0 aromatic heterocycles. The van der Waals surface area contributed by atoms with Crippen LogP contribution in [-0.4, -0.2) is 30.6 Å². The van der Waals surface area contributed by atoms with Gasteiger partial charge in [0, 0.05) is 22.5 Å². The Morgan fingerprint density at radius 3 is 2.52 bits per heavy atom. The fourth-order valence-electron chi connectivity index (χ4n) is 3.40. The lowest BCUT2D eigenvalue weighted by Crippen LogP contribution is -2.35. The SMILES string of the molecule is Cl.O=C(NCC(O)c1cc(Cl)cc(Cl)c1)C1CC12CCNCC2. The Labute approximate surface area is 152 Å². The zero-order chi connectivity index (χ0) is 15.7. The smallest absolute Gasteiger partial charge is 0.223 e. The van der Waals surface area contributed by atoms with Crippen LogP contribution in [0, 0.1) is 11.3 Å². The van der Waals surface area contributed by atoms with Crippen LogP contribution in [0.25, 0.3) is 0 Å². The van der Waals surface area contributed by atoms with E-state index in [4.69, 9.17) is 23.2 Å². The molecule has 3 rings (SSSR count). The molecular formula is C16H21Cl3N2O2. The number of aliphatic hydroxyl groups is 1. The number of hydrogen-bond donors (Lipinski definition) is 3. The van der Waals surface area contributed by atoms with Crippen LogP contribution in [0.2, 0.25) is 10.0 Å². The number of aliphatic hydroxyl groups excluding tert-OH is 1. The molecule has 1 saturated heterocycles. The molecule has 2 fully saturated rings. The van der Waals surface area contributed by atoms with Crippen molar-refractivity contribution in [3.05, 3.63) is 33.8 Å². The number of halogens is 3. The number of nitrogens with one attached hydrogen (secondary N) is 2. The van der Waals surface area contributed by atoms with Gasteiger partial charge in [0.25, 0.3) is 0 Å². The summed E-state index contributed by atoms with van der Waals surface area (Å²) in [5, 5.41) is 17.3. The molecule has 1 aromatic carbocycles. The van der Waals surface area contributed by atoms with Crippen LogP contribution in [0.5, 0.6) is 0 Å². The molecule has 1 aliphatic heterocycles. The van der Waals surface area contributed by atoms with E-state index in [2.05, 4.69) is 10.6 Å². The van der Waals surface area contributed by atoms with E-state index in [9.17, 15) is 9.90 Å². The average Bonchev–Trinajstić information content (AvgIpc) is 3.17. The van der Waals surface area contributed by atoms with Crippen LogP contribution in [0.3, 0.4) is 0 Å². The van der Waals surface area contributed by atoms with Crippen LogP contribution in [0.1, 0.15) is 30.9 Å². The van der Waals surface area contributed by atoms with Gasteiger partial charge in [-0.1, -0.05) is 23.2 Å². The highest BCUT2D eigenvalue weighted by molar-refractivity contribution is 6.34. The minimum Gasteiger partial charge on any atom is -0.387 e. The van der Waals surface area contributed by atoms with Crippen LogP contribution in [-0.2, 0) is 4.79 Å². The third-order valence-electron chi connectivity index (χ3n) is 4.84. The van der Waals surface area contributed by atoms with Gasteiger partial charge < -0.3 is 15.7 Å². The maximum absolute atomic E-state index is 12.3. The van der Waals surface area contributed by atoms with Gasteiger partial charge in [0.15, 0.2) is 0 Å². The Bertz CT molecular complexity index is 556. The van der Waals surface area contributed by atoms with Gasteiger partial charge in [0.05, 0.1) is 6.10 Å². The first kappa shape index (κ1) is 18.8. The first-order valence-electron chi connectivity index (χ1n) is 7.63. The van der Waals surface area contributed by atoms with Gasteiger partial charge in [-0.05, 0) is 61.5 Å². The van der Waals surface area contributed by atoms with Crippen molar-refractivity contribution in [1.82, 2.24) is 10.6 Å². The zero-order valence-electron chi connectivity index (χ0n) is 12.6. The Morgan fingerprint density at radius 1 is 1.30 bits per heavy atom. The summed E-state index contributed by atoms with van der Waals surface area (Å²) in [6, 6.07) is 4.94. The van der Waals surface area contributed by atoms with Crippen molar-refractivity contribution in [2.75, 3.05) is 19.6 Å². The molecule has 128 valence electrons. The molecule has 23 heavy (non-hydrogen) atoms. The number of carbonyl (C=O) groups excluding carboxylic acids is 1. The number of piperidine rings is 1. The molecule has 1 spiro atoms. The molecule has 2 unspecified atom stereocenters. The van der Waals surface area contributed by atoms with E-state index in [-0.39, 0.29) is 36.2 Å². The van der Waals surface area contributed by atoms with Crippen molar-refractivity contribution in [3.63, 3.8) is 0 Å². The van der Waals surface area contributed by atoms with Gasteiger partial charge in [-0.2, -0.15) is 0 Å². The Balaban J connectivity index is 0.00000192. The van der Waals surface area contributed by atoms with Crippen molar-refractivity contribution in [2.24, 2.45) is 11.3 Å². The minimum atomic E-state index is -0.803. The van der Waals surface area contributed by atoms with Gasteiger partial charge in [0.2, 0.25) is 5.91 Å². The second-order valence-electron chi connectivity index (χ2n) is 6.33. The van der Waals surface area contributed by atoms with E-state index in [0.717, 1.165) is 32.4 Å². The van der Waals surface area contributed by atoms with E-state index in [1.54, 1.807) is 18.2 Å². The van der Waals surface area contributed by atoms with Gasteiger partial charge >= 0.3 is 0 Å². The molecule has 1 saturated carbocycles. The molecule has 1 amide bonds. The van der Waals surface area contributed by atoms with Crippen molar-refractivity contribution in [2.45, 2.75) is 25.4 Å². The predicted molar refractivity (Wildman–Crippen MR) is 94.3 cm³/mol. The number of amides is 1. The summed E-state index contributed by atoms with van der Waals surface area (Å²) >= 11 is 11.9. The summed E-state index contributed by atoms with van der Waals surface area (Å²) in [6.07, 6.45) is 2.30. The summed E-state index contributed by atoms with van der Waals surface area (Å²) in [4.78, 5) is 12.3. The monoisotopic (exact) mass is 378 g/mol. The lowest BCUT2D eigenvalue weighted by atomic mass is 9.92. The zero-order valence-corrected chi connectivity index (χ0v) is 15.0. The van der Waals surface area contributed by atoms with Gasteiger partial charge in [0.1, 0.15) is 0 Å². The van der Waals surface area contributed by atoms with Crippen molar-refractivity contribution < 1.29 is 9.90 Å². The summed E-state index contributed by atoms with van der Waals surface area (Å²) in [5.74, 6) is 0.152. The van der Waals surface area contributed by atoms with Crippen molar-refractivity contribution >= 4 is 41.5 Å². The maximum atomic E-state index is 12.3. The topological polar surface area (TPSA) is 61.4 Å². The molecule has 1 heterocycles. The Morgan fingerprint density at radius 2 is 1.91 bits per heavy atom. The van der Waals surface area contributed by atoms with E-state index in [1.807, 2.05) is 0 Å². The second kappa shape index (κ2) is 7.58. The molecule has 4 nitrogen and oxygen atoms in total. The average molecular weight is 380 g/mol. The van der Waals surface area contributed by atoms with Gasteiger partial charge in [-0.15, -0.1) is 12.4 Å². The minimum absolute atomic E-state index is 0. The normalized spacial score (nSPS) is 23.0. The summed E-state index contributed by atoms with van der Waals surface area (Å²) < 4.78 is 0. The third-order valence-corrected chi connectivity index (χ3v) is 5.28. The number of hydrogen-bond acceptors (Lipinski definition) is 3. The molecular weight excluding hydrogens is 359 g/mol. The highest BCUT2D eigenvalue weighted by atomic mass is 35.5. The van der Waals surface area contributed by atoms with Crippen molar-refractivity contribution in [3.8, 4) is 0 Å². The summed E-state index contributed by atoms with van der Waals surface area (Å²) in [7, 11) is 0. The predicted octanol–water partition coefficient (Wildman–Crippen LogP) is 2.95. The van der Waals surface area contributed by atoms with E-state index >= 15 is 0 Å². The van der Waals surface area contributed by atoms with E-state index in [0.29, 0.717) is 15.6 Å². The highest BCUT2D eigenvalue weighted by Crippen LogP contribution is 2.58. The van der Waals surface area contributed by atoms with Gasteiger partial charge in [-0.3, -0.25) is 4.79 Å². The third kappa shape index (κ3) is 4.31. The standard InChI is InChI=1S/C16H20Cl2N2O2.ClH/c17-11-5-10(6-12(18)7-11)14(21)9-20-15(22)13-8-16(13)1-3-19-4-2-16;/h5-7,13-14,19,21H,1-4,8-9H2,(H,20,22);1H. The van der Waals surface area contributed by atoms with Gasteiger partial charge in [-0.25, -0.2) is 0 Å². The molecule has 0 radical (unpaired) electrons. The molecule has 7 heteroatoms. The Kier molecular flexibility index (Phi) is 6.20. The fraction of sp³-hybridized carbons (Fsp3) is 0.562. The molecule has 2 aliphatic rings. The maximum Gasteiger partial charge on any atom is 0.223 e. The first-order valence-corrected chi connectivity index (χ1v) is 8.38. The lowest BCUT2D eigenvalue weighted by Gasteiger charge is -2.23. The van der Waals surface area contributed by atoms with Crippen LogP contribution in [0.15, 0.2) is 18.2 Å². The van der Waals surface area contributed by atoms with E-state index < -0.39 is 6.10 Å². The fourth-order valence-corrected chi connectivity index (χ4v) is 3.94. The molecule has 0 bridgehead atoms. The molecule has 3 N–H and O–H groups in total. The molecule has 2 atom stereocenters. The van der Waals surface area contributed by atoms with Crippen LogP contribution < -0.4 is 10.6 Å². The molecule has 1 aliphatic carbocycles. The quantitative estimate of drug-likeness (QED) is 0.754. The second-order valence-corrected chi connectivity index (χ2v) is 7.21. The number of rotatable bonds is 4. The number of carbonyl (C=O) groups is 1.